The molecular weight excluding hydrogens is 357 g/mol. The van der Waals surface area contributed by atoms with Crippen LogP contribution in [0.3, 0.4) is 0 Å². The maximum absolute atomic E-state index is 13.1. The van der Waals surface area contributed by atoms with E-state index in [0.717, 1.165) is 5.69 Å². The Kier molecular flexibility index (Phi) is 5.53. The van der Waals surface area contributed by atoms with Gasteiger partial charge < -0.3 is 15.5 Å². The topological polar surface area (TPSA) is 61.4 Å². The quantitative estimate of drug-likeness (QED) is 0.810. The predicted molar refractivity (Wildman–Crippen MR) is 101 cm³/mol. The van der Waals surface area contributed by atoms with Crippen LogP contribution in [0, 0.1) is 5.82 Å². The first-order valence-corrected chi connectivity index (χ1v) is 8.45. The number of anilines is 2. The van der Waals surface area contributed by atoms with E-state index >= 15 is 0 Å². The molecule has 0 spiro atoms. The van der Waals surface area contributed by atoms with Crippen molar-refractivity contribution in [2.45, 2.75) is 0 Å². The first-order chi connectivity index (χ1) is 12.5. The zero-order valence-electron chi connectivity index (χ0n) is 13.8. The Morgan fingerprint density at radius 3 is 2.85 bits per heavy atom. The molecule has 0 aliphatic carbocycles. The smallest absolute Gasteiger partial charge is 0.248 e. The lowest BCUT2D eigenvalue weighted by atomic mass is 10.2. The fraction of sp³-hybridized carbons (Fsp3) is 0.158. The van der Waals surface area contributed by atoms with Gasteiger partial charge in [-0.3, -0.25) is 9.59 Å². The van der Waals surface area contributed by atoms with Crippen LogP contribution in [0.5, 0.6) is 0 Å². The highest BCUT2D eigenvalue weighted by Crippen LogP contribution is 2.29. The van der Waals surface area contributed by atoms with Gasteiger partial charge in [-0.2, -0.15) is 0 Å². The molecule has 0 bridgehead atoms. The number of hydrogen-bond donors (Lipinski definition) is 2. The summed E-state index contributed by atoms with van der Waals surface area (Å²) in [6, 6.07) is 11.1. The normalized spacial score (nSPS) is 14.4. The lowest BCUT2D eigenvalue weighted by Gasteiger charge is -2.29. The van der Waals surface area contributed by atoms with Crippen molar-refractivity contribution in [1.82, 2.24) is 5.32 Å². The largest absolute Gasteiger partial charge is 0.359 e. The second-order valence-electron chi connectivity index (χ2n) is 5.82. The van der Waals surface area contributed by atoms with E-state index in [1.165, 1.54) is 24.3 Å². The minimum Gasteiger partial charge on any atom is -0.359 e. The molecule has 1 aliphatic heterocycles. The van der Waals surface area contributed by atoms with Gasteiger partial charge in [0.05, 0.1) is 17.3 Å². The molecule has 0 saturated carbocycles. The summed E-state index contributed by atoms with van der Waals surface area (Å²) in [5, 5.41) is 5.91. The number of halogens is 2. The Hall–Kier alpha value is -2.86. The predicted octanol–water partition coefficient (Wildman–Crippen LogP) is 3.07. The van der Waals surface area contributed by atoms with E-state index in [9.17, 15) is 14.0 Å². The molecule has 0 atom stereocenters. The first-order valence-electron chi connectivity index (χ1n) is 8.07. The molecule has 1 heterocycles. The SMILES string of the molecule is O=C(/C=C/c1cccc(F)c1)Nc1ccc(N2CCNC(=O)C2)c(Cl)c1. The number of rotatable bonds is 4. The molecule has 1 saturated heterocycles. The highest BCUT2D eigenvalue weighted by Gasteiger charge is 2.18. The summed E-state index contributed by atoms with van der Waals surface area (Å²) in [6.07, 6.45) is 2.85. The standard InChI is InChI=1S/C19H17ClFN3O2/c20-16-11-15(5-6-17(16)24-9-8-22-19(26)12-24)23-18(25)7-4-13-2-1-3-14(21)10-13/h1-7,10-11H,8-9,12H2,(H,22,26)(H,23,25)/b7-4+. The van der Waals surface area contributed by atoms with Crippen LogP contribution < -0.4 is 15.5 Å². The van der Waals surface area contributed by atoms with E-state index in [2.05, 4.69) is 10.6 Å². The minimum atomic E-state index is -0.360. The first kappa shape index (κ1) is 17.9. The number of hydrogen-bond acceptors (Lipinski definition) is 3. The van der Waals surface area contributed by atoms with Crippen LogP contribution in [0.4, 0.5) is 15.8 Å². The van der Waals surface area contributed by atoms with Crippen molar-refractivity contribution < 1.29 is 14.0 Å². The van der Waals surface area contributed by atoms with Crippen molar-refractivity contribution in [3.05, 3.63) is 64.9 Å². The molecule has 2 N–H and O–H groups in total. The van der Waals surface area contributed by atoms with Gasteiger partial charge in [0, 0.05) is 24.9 Å². The third-order valence-corrected chi connectivity index (χ3v) is 4.17. The Balaban J connectivity index is 1.65. The molecule has 3 rings (SSSR count). The van der Waals surface area contributed by atoms with Gasteiger partial charge in [-0.1, -0.05) is 23.7 Å². The molecule has 2 amide bonds. The van der Waals surface area contributed by atoms with Gasteiger partial charge in [0.2, 0.25) is 11.8 Å². The van der Waals surface area contributed by atoms with Gasteiger partial charge in [-0.25, -0.2) is 4.39 Å². The molecule has 1 fully saturated rings. The Morgan fingerprint density at radius 1 is 1.27 bits per heavy atom. The molecule has 0 aromatic heterocycles. The molecule has 5 nitrogen and oxygen atoms in total. The molecular formula is C19H17ClFN3O2. The number of piperazine rings is 1. The third-order valence-electron chi connectivity index (χ3n) is 3.87. The lowest BCUT2D eigenvalue weighted by molar-refractivity contribution is -0.120. The highest BCUT2D eigenvalue weighted by molar-refractivity contribution is 6.33. The second-order valence-corrected chi connectivity index (χ2v) is 6.22. The van der Waals surface area contributed by atoms with Gasteiger partial charge in [0.15, 0.2) is 0 Å². The fourth-order valence-electron chi connectivity index (χ4n) is 2.65. The number of nitrogens with one attached hydrogen (secondary N) is 2. The Labute approximate surface area is 155 Å². The fourth-order valence-corrected chi connectivity index (χ4v) is 2.95. The summed E-state index contributed by atoms with van der Waals surface area (Å²) in [5.74, 6) is -0.760. The third kappa shape index (κ3) is 4.61. The average molecular weight is 374 g/mol. The number of carbonyl (C=O) groups is 2. The van der Waals surface area contributed by atoms with Crippen LogP contribution >= 0.6 is 11.6 Å². The maximum Gasteiger partial charge on any atom is 0.248 e. The molecule has 0 radical (unpaired) electrons. The monoisotopic (exact) mass is 373 g/mol. The molecule has 1 aliphatic rings. The van der Waals surface area contributed by atoms with Gasteiger partial charge in [0.1, 0.15) is 5.82 Å². The number of benzene rings is 2. The van der Waals surface area contributed by atoms with E-state index in [4.69, 9.17) is 11.6 Å². The summed E-state index contributed by atoms with van der Waals surface area (Å²) < 4.78 is 13.1. The van der Waals surface area contributed by atoms with Crippen LogP contribution in [-0.4, -0.2) is 31.4 Å². The summed E-state index contributed by atoms with van der Waals surface area (Å²) in [4.78, 5) is 25.4. The summed E-state index contributed by atoms with van der Waals surface area (Å²) >= 11 is 6.30. The van der Waals surface area contributed by atoms with E-state index in [0.29, 0.717) is 29.4 Å². The van der Waals surface area contributed by atoms with Crippen LogP contribution in [0.2, 0.25) is 5.02 Å². The highest BCUT2D eigenvalue weighted by atomic mass is 35.5. The van der Waals surface area contributed by atoms with Crippen molar-refractivity contribution in [3.63, 3.8) is 0 Å². The van der Waals surface area contributed by atoms with Crippen LogP contribution in [0.25, 0.3) is 6.08 Å². The van der Waals surface area contributed by atoms with Crippen molar-refractivity contribution in [1.29, 1.82) is 0 Å². The zero-order chi connectivity index (χ0) is 18.5. The maximum atomic E-state index is 13.1. The Bertz CT molecular complexity index is 870. The van der Waals surface area contributed by atoms with Gasteiger partial charge in [-0.15, -0.1) is 0 Å². The summed E-state index contributed by atoms with van der Waals surface area (Å²) in [7, 11) is 0. The molecule has 2 aromatic carbocycles. The van der Waals surface area contributed by atoms with E-state index in [1.807, 2.05) is 4.90 Å². The van der Waals surface area contributed by atoms with Crippen LogP contribution in [-0.2, 0) is 9.59 Å². The number of nitrogens with zero attached hydrogens (tertiary/aromatic N) is 1. The molecule has 26 heavy (non-hydrogen) atoms. The molecule has 134 valence electrons. The van der Waals surface area contributed by atoms with Crippen molar-refractivity contribution in [3.8, 4) is 0 Å². The van der Waals surface area contributed by atoms with Crippen LogP contribution in [0.1, 0.15) is 5.56 Å². The van der Waals surface area contributed by atoms with E-state index < -0.39 is 0 Å². The Morgan fingerprint density at radius 2 is 2.12 bits per heavy atom. The molecule has 7 heteroatoms. The van der Waals surface area contributed by atoms with Crippen molar-refractivity contribution >= 4 is 40.9 Å². The minimum absolute atomic E-state index is 0.0489. The molecule has 0 unspecified atom stereocenters. The van der Waals surface area contributed by atoms with Crippen LogP contribution in [0.15, 0.2) is 48.5 Å². The van der Waals surface area contributed by atoms with E-state index in [-0.39, 0.29) is 24.2 Å². The van der Waals surface area contributed by atoms with Gasteiger partial charge in [-0.05, 0) is 42.0 Å². The summed E-state index contributed by atoms with van der Waals surface area (Å²) in [6.45, 7) is 1.49. The number of amides is 2. The summed E-state index contributed by atoms with van der Waals surface area (Å²) in [5.41, 5.74) is 1.88. The van der Waals surface area contributed by atoms with Gasteiger partial charge in [0.25, 0.3) is 0 Å². The van der Waals surface area contributed by atoms with Gasteiger partial charge >= 0.3 is 0 Å². The van der Waals surface area contributed by atoms with E-state index in [1.54, 1.807) is 30.3 Å². The zero-order valence-corrected chi connectivity index (χ0v) is 14.6. The lowest BCUT2D eigenvalue weighted by Crippen LogP contribution is -2.47. The number of carbonyl (C=O) groups excluding carboxylic acids is 2. The van der Waals surface area contributed by atoms with Crippen molar-refractivity contribution in [2.24, 2.45) is 0 Å². The van der Waals surface area contributed by atoms with Crippen molar-refractivity contribution in [2.75, 3.05) is 29.9 Å². The molecule has 2 aromatic rings. The average Bonchev–Trinajstić information content (AvgIpc) is 2.60. The second kappa shape index (κ2) is 8.01.